The van der Waals surface area contributed by atoms with E-state index in [0.29, 0.717) is 43.5 Å². The second-order valence-electron chi connectivity index (χ2n) is 7.19. The number of hydrogen-bond acceptors (Lipinski definition) is 5. The van der Waals surface area contributed by atoms with Gasteiger partial charge in [-0.3, -0.25) is 9.59 Å². The average molecular weight is 396 g/mol. The number of nitrogens with one attached hydrogen (secondary N) is 1. The Morgan fingerprint density at radius 1 is 1.17 bits per heavy atom. The summed E-state index contributed by atoms with van der Waals surface area (Å²) in [4.78, 5) is 26.8. The highest BCUT2D eigenvalue weighted by atomic mass is 16.6. The van der Waals surface area contributed by atoms with Gasteiger partial charge >= 0.3 is 0 Å². The highest BCUT2D eigenvalue weighted by Crippen LogP contribution is 2.33. The summed E-state index contributed by atoms with van der Waals surface area (Å²) in [6.07, 6.45) is 0.952. The third-order valence-electron chi connectivity index (χ3n) is 5.20. The van der Waals surface area contributed by atoms with Gasteiger partial charge in [0.1, 0.15) is 19.0 Å². The number of nitrogens with zero attached hydrogens (tertiary/aromatic N) is 1. The molecule has 152 valence electrons. The van der Waals surface area contributed by atoms with Crippen molar-refractivity contribution in [2.45, 2.75) is 12.8 Å². The molecule has 2 amide bonds. The molecule has 1 fully saturated rings. The maximum absolute atomic E-state index is 12.7. The molecule has 2 aromatic carbocycles. The number of rotatable bonds is 6. The topological polar surface area (TPSA) is 77.1 Å². The zero-order valence-corrected chi connectivity index (χ0v) is 16.3. The van der Waals surface area contributed by atoms with Gasteiger partial charge < -0.3 is 24.4 Å². The van der Waals surface area contributed by atoms with Gasteiger partial charge in [0.15, 0.2) is 11.5 Å². The van der Waals surface area contributed by atoms with Crippen LogP contribution in [0.5, 0.6) is 17.2 Å². The van der Waals surface area contributed by atoms with E-state index in [9.17, 15) is 9.59 Å². The van der Waals surface area contributed by atoms with Gasteiger partial charge in [0.2, 0.25) is 11.8 Å². The summed E-state index contributed by atoms with van der Waals surface area (Å²) >= 11 is 0. The molecule has 0 aliphatic carbocycles. The number of hydrogen-bond donors (Lipinski definition) is 1. The third-order valence-corrected chi connectivity index (χ3v) is 5.20. The number of likely N-dealkylation sites (tertiary alicyclic amines) is 1. The Bertz CT molecular complexity index is 914. The van der Waals surface area contributed by atoms with Crippen LogP contribution in [0, 0.1) is 5.92 Å². The molecule has 29 heavy (non-hydrogen) atoms. The SMILES string of the molecule is COc1cccc(CCN2CC(C(=O)Nc3ccc4c(c3)OCCO4)CC2=O)c1. The Labute approximate surface area is 169 Å². The molecule has 2 aliphatic heterocycles. The summed E-state index contributed by atoms with van der Waals surface area (Å²) in [7, 11) is 1.63. The van der Waals surface area contributed by atoms with E-state index in [4.69, 9.17) is 14.2 Å². The normalized spacial score (nSPS) is 17.9. The fourth-order valence-electron chi connectivity index (χ4n) is 3.62. The molecule has 0 bridgehead atoms. The van der Waals surface area contributed by atoms with Gasteiger partial charge in [-0.15, -0.1) is 0 Å². The van der Waals surface area contributed by atoms with Crippen LogP contribution in [0.15, 0.2) is 42.5 Å². The highest BCUT2D eigenvalue weighted by molar-refractivity contribution is 5.97. The maximum Gasteiger partial charge on any atom is 0.229 e. The molecule has 0 radical (unpaired) electrons. The first kappa shape index (κ1) is 19.1. The quantitative estimate of drug-likeness (QED) is 0.812. The molecule has 1 atom stereocenters. The molecule has 1 unspecified atom stereocenters. The molecule has 4 rings (SSSR count). The summed E-state index contributed by atoms with van der Waals surface area (Å²) in [6, 6.07) is 13.1. The van der Waals surface area contributed by atoms with Crippen molar-refractivity contribution in [2.24, 2.45) is 5.92 Å². The van der Waals surface area contributed by atoms with Gasteiger partial charge in [-0.25, -0.2) is 0 Å². The van der Waals surface area contributed by atoms with Crippen molar-refractivity contribution < 1.29 is 23.8 Å². The fraction of sp³-hybridized carbons (Fsp3) is 0.364. The van der Waals surface area contributed by atoms with Crippen LogP contribution in [-0.2, 0) is 16.0 Å². The minimum atomic E-state index is -0.360. The lowest BCUT2D eigenvalue weighted by atomic mass is 10.1. The molecule has 2 aliphatic rings. The van der Waals surface area contributed by atoms with Crippen LogP contribution < -0.4 is 19.5 Å². The summed E-state index contributed by atoms with van der Waals surface area (Å²) in [6.45, 7) is 2.03. The largest absolute Gasteiger partial charge is 0.497 e. The lowest BCUT2D eigenvalue weighted by Gasteiger charge is -2.19. The number of anilines is 1. The van der Waals surface area contributed by atoms with E-state index in [0.717, 1.165) is 17.7 Å². The second-order valence-corrected chi connectivity index (χ2v) is 7.19. The predicted octanol–water partition coefficient (Wildman–Crippen LogP) is 2.50. The molecular weight excluding hydrogens is 372 g/mol. The van der Waals surface area contributed by atoms with E-state index in [-0.39, 0.29) is 24.2 Å². The van der Waals surface area contributed by atoms with Crippen molar-refractivity contribution in [3.63, 3.8) is 0 Å². The van der Waals surface area contributed by atoms with Crippen LogP contribution in [0.25, 0.3) is 0 Å². The molecule has 0 saturated carbocycles. The van der Waals surface area contributed by atoms with Gasteiger partial charge in [0.25, 0.3) is 0 Å². The third kappa shape index (κ3) is 4.45. The van der Waals surface area contributed by atoms with Crippen molar-refractivity contribution in [3.8, 4) is 17.2 Å². The molecule has 7 heteroatoms. The first-order valence-electron chi connectivity index (χ1n) is 9.73. The van der Waals surface area contributed by atoms with Gasteiger partial charge in [-0.05, 0) is 36.2 Å². The number of benzene rings is 2. The summed E-state index contributed by atoms with van der Waals surface area (Å²) < 4.78 is 16.3. The molecule has 1 saturated heterocycles. The lowest BCUT2D eigenvalue weighted by molar-refractivity contribution is -0.128. The lowest BCUT2D eigenvalue weighted by Crippen LogP contribution is -2.30. The fourth-order valence-corrected chi connectivity index (χ4v) is 3.62. The van der Waals surface area contributed by atoms with E-state index in [1.807, 2.05) is 24.3 Å². The van der Waals surface area contributed by atoms with Crippen molar-refractivity contribution in [1.29, 1.82) is 0 Å². The van der Waals surface area contributed by atoms with Crippen LogP contribution in [0.3, 0.4) is 0 Å². The molecule has 0 aromatic heterocycles. The van der Waals surface area contributed by atoms with Crippen LogP contribution in [0.4, 0.5) is 5.69 Å². The molecule has 2 aromatic rings. The van der Waals surface area contributed by atoms with Gasteiger partial charge in [0, 0.05) is 31.3 Å². The molecular formula is C22H24N2O5. The van der Waals surface area contributed by atoms with Crippen molar-refractivity contribution >= 4 is 17.5 Å². The standard InChI is InChI=1S/C22H24N2O5/c1-27-18-4-2-3-15(11-18)7-8-24-14-16(12-21(24)25)22(26)23-17-5-6-19-20(13-17)29-10-9-28-19/h2-6,11,13,16H,7-10,12,14H2,1H3,(H,23,26). The average Bonchev–Trinajstić information content (AvgIpc) is 3.13. The zero-order chi connectivity index (χ0) is 20.2. The smallest absolute Gasteiger partial charge is 0.229 e. The van der Waals surface area contributed by atoms with Crippen LogP contribution >= 0.6 is 0 Å². The van der Waals surface area contributed by atoms with Gasteiger partial charge in [-0.1, -0.05) is 12.1 Å². The Balaban J connectivity index is 1.33. The van der Waals surface area contributed by atoms with E-state index in [2.05, 4.69) is 5.32 Å². The number of ether oxygens (including phenoxy) is 3. The number of methoxy groups -OCH3 is 1. The minimum absolute atomic E-state index is 0.00946. The zero-order valence-electron chi connectivity index (χ0n) is 16.3. The molecule has 1 N–H and O–H groups in total. The monoisotopic (exact) mass is 396 g/mol. The van der Waals surface area contributed by atoms with E-state index in [1.165, 1.54) is 0 Å². The van der Waals surface area contributed by atoms with Crippen molar-refractivity contribution in [3.05, 3.63) is 48.0 Å². The second kappa shape index (κ2) is 8.43. The van der Waals surface area contributed by atoms with Crippen LogP contribution in [-0.4, -0.2) is 50.1 Å². The highest BCUT2D eigenvalue weighted by Gasteiger charge is 2.34. The predicted molar refractivity (Wildman–Crippen MR) is 107 cm³/mol. The Morgan fingerprint density at radius 2 is 2.00 bits per heavy atom. The Morgan fingerprint density at radius 3 is 2.83 bits per heavy atom. The first-order chi connectivity index (χ1) is 14.1. The maximum atomic E-state index is 12.7. The van der Waals surface area contributed by atoms with Crippen LogP contribution in [0.1, 0.15) is 12.0 Å². The van der Waals surface area contributed by atoms with E-state index in [1.54, 1.807) is 30.2 Å². The van der Waals surface area contributed by atoms with Crippen molar-refractivity contribution in [1.82, 2.24) is 4.90 Å². The van der Waals surface area contributed by atoms with Gasteiger partial charge in [-0.2, -0.15) is 0 Å². The number of fused-ring (bicyclic) bond motifs is 1. The van der Waals surface area contributed by atoms with E-state index < -0.39 is 0 Å². The molecule has 2 heterocycles. The minimum Gasteiger partial charge on any atom is -0.497 e. The van der Waals surface area contributed by atoms with E-state index >= 15 is 0 Å². The number of carbonyl (C=O) groups excluding carboxylic acids is 2. The number of carbonyl (C=O) groups is 2. The Kier molecular flexibility index (Phi) is 5.55. The summed E-state index contributed by atoms with van der Waals surface area (Å²) in [5.41, 5.74) is 1.74. The summed E-state index contributed by atoms with van der Waals surface area (Å²) in [5.74, 6) is 1.59. The summed E-state index contributed by atoms with van der Waals surface area (Å²) in [5, 5.41) is 2.89. The van der Waals surface area contributed by atoms with Gasteiger partial charge in [0.05, 0.1) is 13.0 Å². The number of amides is 2. The van der Waals surface area contributed by atoms with Crippen molar-refractivity contribution in [2.75, 3.05) is 38.7 Å². The first-order valence-corrected chi connectivity index (χ1v) is 9.73. The molecule has 0 spiro atoms. The molecule has 7 nitrogen and oxygen atoms in total. The Hall–Kier alpha value is -3.22. The van der Waals surface area contributed by atoms with Crippen LogP contribution in [0.2, 0.25) is 0 Å².